The summed E-state index contributed by atoms with van der Waals surface area (Å²) in [5.74, 6) is 0.982. The number of hydrogen-bond donors (Lipinski definition) is 3. The number of benzene rings is 1. The molecule has 1 fully saturated rings. The molecule has 1 saturated heterocycles. The van der Waals surface area contributed by atoms with Gasteiger partial charge in [-0.05, 0) is 43.7 Å². The van der Waals surface area contributed by atoms with E-state index in [4.69, 9.17) is 4.99 Å². The van der Waals surface area contributed by atoms with Gasteiger partial charge in [0.25, 0.3) is 0 Å². The number of piperidine rings is 1. The van der Waals surface area contributed by atoms with Crippen molar-refractivity contribution in [3.05, 3.63) is 35.4 Å². The van der Waals surface area contributed by atoms with Crippen LogP contribution in [0.1, 0.15) is 37.8 Å². The fraction of sp³-hybridized carbons (Fsp3) is 0.619. The number of nitrogens with zero attached hydrogens (tertiary/aromatic N) is 2. The van der Waals surface area contributed by atoms with Crippen molar-refractivity contribution in [2.75, 3.05) is 39.8 Å². The third-order valence-electron chi connectivity index (χ3n) is 5.02. The minimum atomic E-state index is 0. The van der Waals surface area contributed by atoms with Crippen LogP contribution < -0.4 is 16.0 Å². The lowest BCUT2D eigenvalue weighted by atomic mass is 10.1. The summed E-state index contributed by atoms with van der Waals surface area (Å²) in [6.45, 7) is 8.27. The molecular formula is C21H36IN5O. The molecule has 0 saturated carbocycles. The van der Waals surface area contributed by atoms with Crippen molar-refractivity contribution in [1.29, 1.82) is 0 Å². The number of carbonyl (C=O) groups excluding carboxylic acids is 1. The Morgan fingerprint density at radius 3 is 2.36 bits per heavy atom. The standard InChI is InChI=1S/C21H35N5O.HI/c1-4-17-6-8-18(9-7-17)10-13-24-21(23-5-2)25-19-11-14-26(15-12-19)16-20(27)22-3;/h6-9,19H,4-5,10-16H2,1-3H3,(H,22,27)(H2,23,24,25);1H. The van der Waals surface area contributed by atoms with Gasteiger partial charge in [0.1, 0.15) is 0 Å². The second-order valence-electron chi connectivity index (χ2n) is 7.05. The normalized spacial score (nSPS) is 15.6. The number of aryl methyl sites for hydroxylation is 1. The van der Waals surface area contributed by atoms with Gasteiger partial charge in [0.2, 0.25) is 5.91 Å². The molecule has 3 N–H and O–H groups in total. The van der Waals surface area contributed by atoms with Crippen LogP contribution in [0.3, 0.4) is 0 Å². The van der Waals surface area contributed by atoms with Gasteiger partial charge >= 0.3 is 0 Å². The Hall–Kier alpha value is -1.35. The molecule has 158 valence electrons. The van der Waals surface area contributed by atoms with Crippen LogP contribution >= 0.6 is 24.0 Å². The molecule has 1 aliphatic heterocycles. The molecule has 1 aromatic carbocycles. The van der Waals surface area contributed by atoms with Crippen molar-refractivity contribution in [3.8, 4) is 0 Å². The number of halogens is 1. The van der Waals surface area contributed by atoms with E-state index in [-0.39, 0.29) is 29.9 Å². The topological polar surface area (TPSA) is 68.8 Å². The van der Waals surface area contributed by atoms with Crippen LogP contribution in [0.4, 0.5) is 0 Å². The molecule has 0 radical (unpaired) electrons. The Kier molecular flexibility index (Phi) is 12.1. The number of guanidine groups is 1. The first kappa shape index (κ1) is 24.7. The molecular weight excluding hydrogens is 465 g/mol. The van der Waals surface area contributed by atoms with Crippen molar-refractivity contribution in [2.24, 2.45) is 4.99 Å². The van der Waals surface area contributed by atoms with Gasteiger partial charge in [0.15, 0.2) is 5.96 Å². The summed E-state index contributed by atoms with van der Waals surface area (Å²) in [7, 11) is 1.69. The minimum Gasteiger partial charge on any atom is -0.358 e. The van der Waals surface area contributed by atoms with Crippen LogP contribution in [0, 0.1) is 0 Å². The fourth-order valence-corrected chi connectivity index (χ4v) is 3.27. The molecule has 1 aliphatic rings. The van der Waals surface area contributed by atoms with Crippen LogP contribution in [-0.4, -0.2) is 62.6 Å². The number of aliphatic imine (C=N–C) groups is 1. The molecule has 0 unspecified atom stereocenters. The Bertz CT molecular complexity index is 597. The SMILES string of the molecule is CCNC(=NCCc1ccc(CC)cc1)NC1CCN(CC(=O)NC)CC1.I. The third kappa shape index (κ3) is 8.77. The number of amides is 1. The smallest absolute Gasteiger partial charge is 0.233 e. The predicted molar refractivity (Wildman–Crippen MR) is 128 cm³/mol. The van der Waals surface area contributed by atoms with E-state index in [2.05, 4.69) is 59.0 Å². The monoisotopic (exact) mass is 501 g/mol. The molecule has 1 aromatic rings. The first-order valence-electron chi connectivity index (χ1n) is 10.2. The first-order valence-corrected chi connectivity index (χ1v) is 10.2. The molecule has 2 rings (SSSR count). The van der Waals surface area contributed by atoms with E-state index >= 15 is 0 Å². The zero-order valence-corrected chi connectivity index (χ0v) is 19.8. The molecule has 0 aliphatic carbocycles. The highest BCUT2D eigenvalue weighted by molar-refractivity contribution is 14.0. The molecule has 0 aromatic heterocycles. The average molecular weight is 501 g/mol. The molecule has 0 spiro atoms. The van der Waals surface area contributed by atoms with Gasteiger partial charge in [-0.3, -0.25) is 14.7 Å². The summed E-state index contributed by atoms with van der Waals surface area (Å²) < 4.78 is 0. The first-order chi connectivity index (χ1) is 13.1. The van der Waals surface area contributed by atoms with Gasteiger partial charge in [-0.25, -0.2) is 0 Å². The summed E-state index contributed by atoms with van der Waals surface area (Å²) in [6.07, 6.45) is 4.08. The van der Waals surface area contributed by atoms with E-state index in [1.807, 2.05) is 0 Å². The lowest BCUT2D eigenvalue weighted by Gasteiger charge is -2.32. The highest BCUT2D eigenvalue weighted by Crippen LogP contribution is 2.10. The van der Waals surface area contributed by atoms with Crippen molar-refractivity contribution in [2.45, 2.75) is 45.6 Å². The maximum atomic E-state index is 11.5. The Balaban J connectivity index is 0.00000392. The summed E-state index contributed by atoms with van der Waals surface area (Å²) >= 11 is 0. The number of likely N-dealkylation sites (tertiary alicyclic amines) is 1. The lowest BCUT2D eigenvalue weighted by molar-refractivity contribution is -0.122. The summed E-state index contributed by atoms with van der Waals surface area (Å²) in [5.41, 5.74) is 2.70. The molecule has 6 nitrogen and oxygen atoms in total. The molecule has 1 amide bonds. The van der Waals surface area contributed by atoms with Gasteiger partial charge in [0.05, 0.1) is 6.54 Å². The average Bonchev–Trinajstić information content (AvgIpc) is 2.70. The van der Waals surface area contributed by atoms with Crippen LogP contribution in [0.25, 0.3) is 0 Å². The summed E-state index contributed by atoms with van der Waals surface area (Å²) in [4.78, 5) is 18.5. The van der Waals surface area contributed by atoms with E-state index in [1.165, 1.54) is 11.1 Å². The van der Waals surface area contributed by atoms with E-state index in [9.17, 15) is 4.79 Å². The molecule has 0 atom stereocenters. The molecule has 0 bridgehead atoms. The van der Waals surface area contributed by atoms with Crippen molar-refractivity contribution in [3.63, 3.8) is 0 Å². The Morgan fingerprint density at radius 2 is 1.79 bits per heavy atom. The number of rotatable bonds is 8. The van der Waals surface area contributed by atoms with Crippen molar-refractivity contribution >= 4 is 35.8 Å². The number of nitrogens with one attached hydrogen (secondary N) is 3. The maximum Gasteiger partial charge on any atom is 0.233 e. The van der Waals surface area contributed by atoms with Gasteiger partial charge < -0.3 is 16.0 Å². The van der Waals surface area contributed by atoms with Gasteiger partial charge in [-0.2, -0.15) is 0 Å². The van der Waals surface area contributed by atoms with E-state index in [0.29, 0.717) is 12.6 Å². The summed E-state index contributed by atoms with van der Waals surface area (Å²) in [5, 5.41) is 9.60. The van der Waals surface area contributed by atoms with Crippen LogP contribution in [0.15, 0.2) is 29.3 Å². The number of carbonyl (C=O) groups is 1. The number of likely N-dealkylation sites (N-methyl/N-ethyl adjacent to an activating group) is 1. The second-order valence-corrected chi connectivity index (χ2v) is 7.05. The highest BCUT2D eigenvalue weighted by Gasteiger charge is 2.21. The largest absolute Gasteiger partial charge is 0.358 e. The van der Waals surface area contributed by atoms with E-state index in [0.717, 1.165) is 57.8 Å². The second kappa shape index (κ2) is 13.8. The zero-order chi connectivity index (χ0) is 19.5. The molecule has 7 heteroatoms. The third-order valence-corrected chi connectivity index (χ3v) is 5.02. The molecule has 1 heterocycles. The lowest BCUT2D eigenvalue weighted by Crippen LogP contribution is -2.50. The fourth-order valence-electron chi connectivity index (χ4n) is 3.27. The van der Waals surface area contributed by atoms with Crippen LogP contribution in [-0.2, 0) is 17.6 Å². The highest BCUT2D eigenvalue weighted by atomic mass is 127. The van der Waals surface area contributed by atoms with Crippen molar-refractivity contribution < 1.29 is 4.79 Å². The molecule has 28 heavy (non-hydrogen) atoms. The van der Waals surface area contributed by atoms with Crippen molar-refractivity contribution in [1.82, 2.24) is 20.9 Å². The van der Waals surface area contributed by atoms with Crippen LogP contribution in [0.5, 0.6) is 0 Å². The minimum absolute atomic E-state index is 0. The van der Waals surface area contributed by atoms with Crippen LogP contribution in [0.2, 0.25) is 0 Å². The maximum absolute atomic E-state index is 11.5. The summed E-state index contributed by atoms with van der Waals surface area (Å²) in [6, 6.07) is 9.23. The zero-order valence-electron chi connectivity index (χ0n) is 17.5. The van der Waals surface area contributed by atoms with Gasteiger partial charge in [0, 0.05) is 39.3 Å². The predicted octanol–water partition coefficient (Wildman–Crippen LogP) is 2.18. The quantitative estimate of drug-likeness (QED) is 0.290. The van der Waals surface area contributed by atoms with Gasteiger partial charge in [-0.15, -0.1) is 24.0 Å². The Labute approximate surface area is 187 Å². The number of hydrogen-bond acceptors (Lipinski definition) is 3. The van der Waals surface area contributed by atoms with E-state index < -0.39 is 0 Å². The van der Waals surface area contributed by atoms with Gasteiger partial charge in [-0.1, -0.05) is 31.2 Å². The Morgan fingerprint density at radius 1 is 1.14 bits per heavy atom. The van der Waals surface area contributed by atoms with E-state index in [1.54, 1.807) is 7.05 Å².